The fourth-order valence-electron chi connectivity index (χ4n) is 3.91. The standard InChI is InChI=1S/C20H25N3O3S2/c1-14-9-11-15(12-10-14)28(25,26)23-13-5-7-17(23)19(24)22-20-21-16-6-3-2-4-8-18(16)27-20/h9-12,17H,2-8,13H2,1H3,(H,21,22,24)/t17-/m1/s1. The first-order valence-electron chi connectivity index (χ1n) is 9.83. The second-order valence-electron chi connectivity index (χ2n) is 7.53. The second-order valence-corrected chi connectivity index (χ2v) is 10.5. The van der Waals surface area contributed by atoms with Crippen LogP contribution >= 0.6 is 11.3 Å². The van der Waals surface area contributed by atoms with E-state index in [1.54, 1.807) is 24.3 Å². The van der Waals surface area contributed by atoms with Crippen LogP contribution in [-0.2, 0) is 27.7 Å². The maximum Gasteiger partial charge on any atom is 0.244 e. The minimum atomic E-state index is -3.69. The van der Waals surface area contributed by atoms with E-state index in [2.05, 4.69) is 10.3 Å². The van der Waals surface area contributed by atoms with E-state index in [0.717, 1.165) is 36.9 Å². The first kappa shape index (κ1) is 19.5. The Morgan fingerprint density at radius 3 is 2.68 bits per heavy atom. The van der Waals surface area contributed by atoms with Gasteiger partial charge in [-0.1, -0.05) is 24.1 Å². The predicted molar refractivity (Wildman–Crippen MR) is 110 cm³/mol. The van der Waals surface area contributed by atoms with E-state index in [9.17, 15) is 13.2 Å². The van der Waals surface area contributed by atoms with Gasteiger partial charge in [-0.3, -0.25) is 4.79 Å². The number of thiazole rings is 1. The van der Waals surface area contributed by atoms with Crippen molar-refractivity contribution in [2.24, 2.45) is 0 Å². The van der Waals surface area contributed by atoms with Crippen LogP contribution in [0.3, 0.4) is 0 Å². The molecule has 2 aromatic rings. The molecule has 1 saturated heterocycles. The Morgan fingerprint density at radius 2 is 1.89 bits per heavy atom. The Kier molecular flexibility index (Phi) is 5.53. The first-order valence-corrected chi connectivity index (χ1v) is 12.1. The highest BCUT2D eigenvalue weighted by molar-refractivity contribution is 7.89. The summed E-state index contributed by atoms with van der Waals surface area (Å²) in [5, 5.41) is 3.48. The Morgan fingerprint density at radius 1 is 1.14 bits per heavy atom. The normalized spacial score (nSPS) is 20.5. The van der Waals surface area contributed by atoms with Crippen LogP contribution in [0.1, 0.15) is 48.2 Å². The quantitative estimate of drug-likeness (QED) is 0.769. The van der Waals surface area contributed by atoms with Crippen molar-refractivity contribution < 1.29 is 13.2 Å². The SMILES string of the molecule is Cc1ccc(S(=O)(=O)N2CCC[C@@H]2C(=O)Nc2nc3c(s2)CCCCC3)cc1. The minimum Gasteiger partial charge on any atom is -0.301 e. The van der Waals surface area contributed by atoms with E-state index in [-0.39, 0.29) is 10.8 Å². The zero-order chi connectivity index (χ0) is 19.7. The number of rotatable bonds is 4. The number of nitrogens with zero attached hydrogens (tertiary/aromatic N) is 2. The minimum absolute atomic E-state index is 0.235. The van der Waals surface area contributed by atoms with E-state index in [4.69, 9.17) is 0 Å². The van der Waals surface area contributed by atoms with Crippen molar-refractivity contribution in [1.82, 2.24) is 9.29 Å². The maximum absolute atomic E-state index is 13.0. The molecule has 1 aliphatic carbocycles. The number of fused-ring (bicyclic) bond motifs is 1. The summed E-state index contributed by atoms with van der Waals surface area (Å²) in [5.74, 6) is -0.280. The summed E-state index contributed by atoms with van der Waals surface area (Å²) in [7, 11) is -3.69. The Labute approximate surface area is 170 Å². The molecule has 1 amide bonds. The van der Waals surface area contributed by atoms with Crippen molar-refractivity contribution >= 4 is 32.4 Å². The molecule has 0 spiro atoms. The smallest absolute Gasteiger partial charge is 0.244 e. The number of benzene rings is 1. The van der Waals surface area contributed by atoms with Gasteiger partial charge < -0.3 is 5.32 Å². The van der Waals surface area contributed by atoms with Crippen LogP contribution in [-0.4, -0.2) is 36.2 Å². The van der Waals surface area contributed by atoms with Gasteiger partial charge in [-0.15, -0.1) is 11.3 Å². The van der Waals surface area contributed by atoms with E-state index in [1.807, 2.05) is 6.92 Å². The number of anilines is 1. The molecule has 1 aromatic heterocycles. The van der Waals surface area contributed by atoms with Crippen LogP contribution in [0.2, 0.25) is 0 Å². The molecule has 0 bridgehead atoms. The third-order valence-electron chi connectivity index (χ3n) is 5.46. The van der Waals surface area contributed by atoms with Gasteiger partial charge in [0.15, 0.2) is 5.13 Å². The fourth-order valence-corrected chi connectivity index (χ4v) is 6.62. The van der Waals surface area contributed by atoms with Gasteiger partial charge >= 0.3 is 0 Å². The van der Waals surface area contributed by atoms with Crippen LogP contribution in [0.5, 0.6) is 0 Å². The average Bonchev–Trinajstić information content (AvgIpc) is 3.25. The highest BCUT2D eigenvalue weighted by Crippen LogP contribution is 2.31. The third-order valence-corrected chi connectivity index (χ3v) is 8.45. The predicted octanol–water partition coefficient (Wildman–Crippen LogP) is 3.51. The monoisotopic (exact) mass is 419 g/mol. The number of amides is 1. The fraction of sp³-hybridized carbons (Fsp3) is 0.500. The van der Waals surface area contributed by atoms with Gasteiger partial charge in [-0.25, -0.2) is 13.4 Å². The molecule has 1 aromatic carbocycles. The lowest BCUT2D eigenvalue weighted by Crippen LogP contribution is -2.43. The largest absolute Gasteiger partial charge is 0.301 e. The number of nitrogens with one attached hydrogen (secondary N) is 1. The Bertz CT molecular complexity index is 944. The molecule has 28 heavy (non-hydrogen) atoms. The summed E-state index contributed by atoms with van der Waals surface area (Å²) in [4.78, 5) is 19.0. The highest BCUT2D eigenvalue weighted by Gasteiger charge is 2.39. The molecular formula is C20H25N3O3S2. The van der Waals surface area contributed by atoms with Crippen molar-refractivity contribution in [1.29, 1.82) is 0 Å². The molecule has 2 aliphatic rings. The summed E-state index contributed by atoms with van der Waals surface area (Å²) < 4.78 is 27.4. The molecular weight excluding hydrogens is 394 g/mol. The van der Waals surface area contributed by atoms with Gasteiger partial charge in [-0.2, -0.15) is 4.31 Å². The van der Waals surface area contributed by atoms with Gasteiger partial charge in [0.05, 0.1) is 10.6 Å². The maximum atomic E-state index is 13.0. The summed E-state index contributed by atoms with van der Waals surface area (Å²) in [6.07, 6.45) is 6.70. The Balaban J connectivity index is 1.51. The zero-order valence-corrected chi connectivity index (χ0v) is 17.6. The highest BCUT2D eigenvalue weighted by atomic mass is 32.2. The number of sulfonamides is 1. The lowest BCUT2D eigenvalue weighted by atomic mass is 10.2. The molecule has 1 N–H and O–H groups in total. The number of aromatic nitrogens is 1. The molecule has 8 heteroatoms. The molecule has 6 nitrogen and oxygen atoms in total. The van der Waals surface area contributed by atoms with Crippen LogP contribution < -0.4 is 5.32 Å². The summed E-state index contributed by atoms with van der Waals surface area (Å²) in [5.41, 5.74) is 2.09. The molecule has 2 heterocycles. The van der Waals surface area contributed by atoms with Crippen LogP contribution in [0.25, 0.3) is 0 Å². The summed E-state index contributed by atoms with van der Waals surface area (Å²) >= 11 is 1.53. The molecule has 1 atom stereocenters. The Hall–Kier alpha value is -1.77. The van der Waals surface area contributed by atoms with Gasteiger partial charge in [0.2, 0.25) is 15.9 Å². The number of hydrogen-bond donors (Lipinski definition) is 1. The van der Waals surface area contributed by atoms with Crippen LogP contribution in [0, 0.1) is 6.92 Å². The van der Waals surface area contributed by atoms with Gasteiger partial charge in [0.25, 0.3) is 0 Å². The van der Waals surface area contributed by atoms with Crippen LogP contribution in [0.4, 0.5) is 5.13 Å². The lowest BCUT2D eigenvalue weighted by molar-refractivity contribution is -0.119. The number of hydrogen-bond acceptors (Lipinski definition) is 5. The third kappa shape index (κ3) is 3.86. The van der Waals surface area contributed by atoms with Crippen molar-refractivity contribution in [2.45, 2.75) is 62.8 Å². The van der Waals surface area contributed by atoms with Gasteiger partial charge in [-0.05, 0) is 57.6 Å². The zero-order valence-electron chi connectivity index (χ0n) is 16.0. The number of carbonyl (C=O) groups excluding carboxylic acids is 1. The second kappa shape index (κ2) is 7.93. The molecule has 0 unspecified atom stereocenters. The average molecular weight is 420 g/mol. The molecule has 1 fully saturated rings. The van der Waals surface area contributed by atoms with E-state index < -0.39 is 16.1 Å². The van der Waals surface area contributed by atoms with E-state index in [0.29, 0.717) is 24.5 Å². The number of carbonyl (C=O) groups is 1. The first-order chi connectivity index (χ1) is 13.4. The van der Waals surface area contributed by atoms with Crippen molar-refractivity contribution in [3.05, 3.63) is 40.4 Å². The van der Waals surface area contributed by atoms with E-state index >= 15 is 0 Å². The number of aryl methyl sites for hydroxylation is 3. The summed E-state index contributed by atoms with van der Waals surface area (Å²) in [6, 6.07) is 6.09. The summed E-state index contributed by atoms with van der Waals surface area (Å²) in [6.45, 7) is 2.28. The van der Waals surface area contributed by atoms with Crippen molar-refractivity contribution in [3.63, 3.8) is 0 Å². The van der Waals surface area contributed by atoms with Gasteiger partial charge in [0, 0.05) is 11.4 Å². The molecule has 0 saturated carbocycles. The van der Waals surface area contributed by atoms with Crippen molar-refractivity contribution in [3.8, 4) is 0 Å². The topological polar surface area (TPSA) is 79.4 Å². The molecule has 1 aliphatic heterocycles. The molecule has 4 rings (SSSR count). The van der Waals surface area contributed by atoms with Crippen LogP contribution in [0.15, 0.2) is 29.2 Å². The van der Waals surface area contributed by atoms with Gasteiger partial charge in [0.1, 0.15) is 6.04 Å². The lowest BCUT2D eigenvalue weighted by Gasteiger charge is -2.23. The van der Waals surface area contributed by atoms with Crippen molar-refractivity contribution in [2.75, 3.05) is 11.9 Å². The molecule has 150 valence electrons. The van der Waals surface area contributed by atoms with E-state index in [1.165, 1.54) is 26.9 Å². The molecule has 0 radical (unpaired) electrons.